The molecular weight excluding hydrogens is 207 g/mol. The van der Waals surface area contributed by atoms with Crippen LogP contribution in [0.1, 0.15) is 0 Å². The molecular formula is C6H10Cl2O4. The van der Waals surface area contributed by atoms with E-state index >= 15 is 0 Å². The monoisotopic (exact) mass is 216 g/mol. The Bertz CT molecular complexity index is 152. The molecule has 4 nitrogen and oxygen atoms in total. The molecule has 0 unspecified atom stereocenters. The third kappa shape index (κ3) is 1.84. The van der Waals surface area contributed by atoms with Crippen LogP contribution in [-0.2, 0) is 4.74 Å². The summed E-state index contributed by atoms with van der Waals surface area (Å²) in [5.74, 6) is 0. The Kier molecular flexibility index (Phi) is 3.58. The zero-order chi connectivity index (χ0) is 9.30. The first-order chi connectivity index (χ1) is 5.57. The molecule has 1 rings (SSSR count). The van der Waals surface area contributed by atoms with Crippen molar-refractivity contribution in [1.29, 1.82) is 0 Å². The van der Waals surface area contributed by atoms with Crippen LogP contribution in [0.15, 0.2) is 0 Å². The normalized spacial score (nSPS) is 49.2. The molecule has 0 aromatic carbocycles. The molecule has 72 valence electrons. The summed E-state index contributed by atoms with van der Waals surface area (Å²) >= 11 is 11.1. The lowest BCUT2D eigenvalue weighted by Crippen LogP contribution is -2.54. The summed E-state index contributed by atoms with van der Waals surface area (Å²) in [6.07, 6.45) is -3.11. The van der Waals surface area contributed by atoms with Gasteiger partial charge in [-0.15, -0.1) is 11.6 Å². The highest BCUT2D eigenvalue weighted by Crippen LogP contribution is 2.26. The SMILES string of the molecule is OC[C@H]1O[C@@H](Cl)[C@H](O)[C@@H](O)[C@H]1Cl. The van der Waals surface area contributed by atoms with Crippen molar-refractivity contribution in [3.8, 4) is 0 Å². The Morgan fingerprint density at radius 3 is 2.25 bits per heavy atom. The van der Waals surface area contributed by atoms with Crippen molar-refractivity contribution in [3.63, 3.8) is 0 Å². The third-order valence-electron chi connectivity index (χ3n) is 1.78. The lowest BCUT2D eigenvalue weighted by atomic mass is 10.0. The molecule has 1 aliphatic heterocycles. The minimum Gasteiger partial charge on any atom is -0.394 e. The van der Waals surface area contributed by atoms with E-state index in [-0.39, 0.29) is 6.61 Å². The zero-order valence-corrected chi connectivity index (χ0v) is 7.61. The average Bonchev–Trinajstić information content (AvgIpc) is 2.08. The number of ether oxygens (including phenoxy) is 1. The minimum atomic E-state index is -1.21. The molecule has 0 radical (unpaired) electrons. The van der Waals surface area contributed by atoms with Gasteiger partial charge in [0, 0.05) is 0 Å². The quantitative estimate of drug-likeness (QED) is 0.506. The highest BCUT2D eigenvalue weighted by molar-refractivity contribution is 6.23. The summed E-state index contributed by atoms with van der Waals surface area (Å²) < 4.78 is 4.90. The molecule has 6 heteroatoms. The molecule has 0 aliphatic carbocycles. The van der Waals surface area contributed by atoms with Gasteiger partial charge in [-0.2, -0.15) is 0 Å². The van der Waals surface area contributed by atoms with Gasteiger partial charge in [0.05, 0.1) is 12.0 Å². The Labute approximate surface area is 79.7 Å². The number of rotatable bonds is 1. The van der Waals surface area contributed by atoms with Gasteiger partial charge in [0.1, 0.15) is 18.3 Å². The van der Waals surface area contributed by atoms with Gasteiger partial charge >= 0.3 is 0 Å². The van der Waals surface area contributed by atoms with Crippen LogP contribution >= 0.6 is 23.2 Å². The highest BCUT2D eigenvalue weighted by Gasteiger charge is 2.42. The molecule has 1 aliphatic rings. The van der Waals surface area contributed by atoms with Gasteiger partial charge in [-0.25, -0.2) is 0 Å². The van der Waals surface area contributed by atoms with Gasteiger partial charge in [0.2, 0.25) is 0 Å². The first kappa shape index (κ1) is 10.5. The van der Waals surface area contributed by atoms with Crippen LogP contribution in [-0.4, -0.2) is 51.2 Å². The summed E-state index contributed by atoms with van der Waals surface area (Å²) in [4.78, 5) is 0. The molecule has 5 atom stereocenters. The summed E-state index contributed by atoms with van der Waals surface area (Å²) in [5.41, 5.74) is -1.02. The third-order valence-corrected chi connectivity index (χ3v) is 2.68. The lowest BCUT2D eigenvalue weighted by molar-refractivity contribution is -0.145. The van der Waals surface area contributed by atoms with E-state index in [0.717, 1.165) is 0 Å². The smallest absolute Gasteiger partial charge is 0.160 e. The standard InChI is InChI=1S/C6H10Cl2O4/c7-3-2(1-9)12-6(8)5(11)4(3)10/h2-6,9-11H,1H2/t2-,3+,4+,5-,6-/m1/s1. The molecule has 0 aromatic heterocycles. The first-order valence-corrected chi connectivity index (χ1v) is 4.35. The van der Waals surface area contributed by atoms with Crippen LogP contribution in [0, 0.1) is 0 Å². The molecule has 12 heavy (non-hydrogen) atoms. The maximum Gasteiger partial charge on any atom is 0.160 e. The summed E-state index contributed by atoms with van der Waals surface area (Å²) in [6.45, 7) is -0.332. The molecule has 3 N–H and O–H groups in total. The van der Waals surface area contributed by atoms with Gasteiger partial charge in [-0.3, -0.25) is 0 Å². The van der Waals surface area contributed by atoms with Crippen molar-refractivity contribution >= 4 is 23.2 Å². The number of alkyl halides is 2. The number of hydrogen-bond acceptors (Lipinski definition) is 4. The van der Waals surface area contributed by atoms with Gasteiger partial charge in [-0.1, -0.05) is 11.6 Å². The van der Waals surface area contributed by atoms with Crippen LogP contribution in [0.5, 0.6) is 0 Å². The average molecular weight is 217 g/mol. The number of aliphatic hydroxyl groups excluding tert-OH is 3. The van der Waals surface area contributed by atoms with E-state index in [1.807, 2.05) is 0 Å². The molecule has 1 saturated heterocycles. The first-order valence-electron chi connectivity index (χ1n) is 3.48. The molecule has 0 bridgehead atoms. The minimum absolute atomic E-state index is 0.332. The van der Waals surface area contributed by atoms with Gasteiger partial charge in [0.25, 0.3) is 0 Å². The van der Waals surface area contributed by atoms with Crippen molar-refractivity contribution in [2.24, 2.45) is 0 Å². The predicted molar refractivity (Wildman–Crippen MR) is 43.3 cm³/mol. The number of halogens is 2. The van der Waals surface area contributed by atoms with Crippen molar-refractivity contribution in [2.75, 3.05) is 6.61 Å². The Morgan fingerprint density at radius 2 is 1.75 bits per heavy atom. The van der Waals surface area contributed by atoms with E-state index in [1.165, 1.54) is 0 Å². The molecule has 1 fully saturated rings. The summed E-state index contributed by atoms with van der Waals surface area (Å²) in [6, 6.07) is 0. The molecule has 0 spiro atoms. The fourth-order valence-corrected chi connectivity index (χ4v) is 1.60. The van der Waals surface area contributed by atoms with E-state index in [4.69, 9.17) is 38.2 Å². The van der Waals surface area contributed by atoms with Gasteiger partial charge < -0.3 is 20.1 Å². The number of hydrogen-bond donors (Lipinski definition) is 3. The van der Waals surface area contributed by atoms with Crippen LogP contribution in [0.3, 0.4) is 0 Å². The van der Waals surface area contributed by atoms with E-state index in [1.54, 1.807) is 0 Å². The van der Waals surface area contributed by atoms with E-state index in [9.17, 15) is 5.11 Å². The highest BCUT2D eigenvalue weighted by atomic mass is 35.5. The zero-order valence-electron chi connectivity index (χ0n) is 6.10. The number of aliphatic hydroxyl groups is 3. The van der Waals surface area contributed by atoms with Crippen LogP contribution in [0.25, 0.3) is 0 Å². The van der Waals surface area contributed by atoms with E-state index in [2.05, 4.69) is 0 Å². The second-order valence-corrected chi connectivity index (χ2v) is 3.57. The Hall–Kier alpha value is 0.420. The van der Waals surface area contributed by atoms with Crippen molar-refractivity contribution in [2.45, 2.75) is 29.3 Å². The fourth-order valence-electron chi connectivity index (χ4n) is 1.03. The van der Waals surface area contributed by atoms with Crippen molar-refractivity contribution in [3.05, 3.63) is 0 Å². The van der Waals surface area contributed by atoms with Crippen LogP contribution < -0.4 is 0 Å². The van der Waals surface area contributed by atoms with Crippen LogP contribution in [0.4, 0.5) is 0 Å². The van der Waals surface area contributed by atoms with Gasteiger partial charge in [0.15, 0.2) is 5.56 Å². The summed E-state index contributed by atoms with van der Waals surface area (Å²) in [5, 5.41) is 26.3. The second-order valence-electron chi connectivity index (χ2n) is 2.63. The van der Waals surface area contributed by atoms with Crippen LogP contribution in [0.2, 0.25) is 0 Å². The van der Waals surface area contributed by atoms with E-state index < -0.39 is 29.3 Å². The molecule has 0 amide bonds. The van der Waals surface area contributed by atoms with Crippen molar-refractivity contribution in [1.82, 2.24) is 0 Å². The predicted octanol–water partition coefficient (Wildman–Crippen LogP) is -0.728. The van der Waals surface area contributed by atoms with Gasteiger partial charge in [-0.05, 0) is 0 Å². The summed E-state index contributed by atoms with van der Waals surface area (Å²) in [7, 11) is 0. The Morgan fingerprint density at radius 1 is 1.17 bits per heavy atom. The topological polar surface area (TPSA) is 69.9 Å². The molecule has 0 aromatic rings. The fraction of sp³-hybridized carbons (Fsp3) is 1.00. The largest absolute Gasteiger partial charge is 0.394 e. The van der Waals surface area contributed by atoms with Crippen molar-refractivity contribution < 1.29 is 20.1 Å². The van der Waals surface area contributed by atoms with E-state index in [0.29, 0.717) is 0 Å². The maximum atomic E-state index is 9.26. The lowest BCUT2D eigenvalue weighted by Gasteiger charge is -2.36. The Balaban J connectivity index is 2.63. The second kappa shape index (κ2) is 4.09. The molecule has 0 saturated carbocycles. The molecule has 1 heterocycles. The maximum absolute atomic E-state index is 9.26.